The molecule has 1 aromatic rings. The molecular formula is C11H11FO. The molecule has 0 N–H and O–H groups in total. The molecule has 1 nitrogen and oxygen atoms in total. The van der Waals surface area contributed by atoms with E-state index in [0.29, 0.717) is 12.0 Å². The van der Waals surface area contributed by atoms with Crippen molar-refractivity contribution >= 4 is 5.78 Å². The highest BCUT2D eigenvalue weighted by Crippen LogP contribution is 2.43. The number of hydrogen-bond donors (Lipinski definition) is 0. The van der Waals surface area contributed by atoms with Crippen LogP contribution in [-0.4, -0.2) is 12.0 Å². The first kappa shape index (κ1) is 8.42. The van der Waals surface area contributed by atoms with Gasteiger partial charge in [0, 0.05) is 11.5 Å². The lowest BCUT2D eigenvalue weighted by Crippen LogP contribution is -1.92. The van der Waals surface area contributed by atoms with Crippen molar-refractivity contribution in [3.63, 3.8) is 0 Å². The van der Waals surface area contributed by atoms with Crippen molar-refractivity contribution in [1.82, 2.24) is 0 Å². The van der Waals surface area contributed by atoms with Gasteiger partial charge in [0.1, 0.15) is 6.17 Å². The summed E-state index contributed by atoms with van der Waals surface area (Å²) in [6, 6.07) is 7.23. The number of rotatable bonds is 2. The van der Waals surface area contributed by atoms with Gasteiger partial charge in [-0.1, -0.05) is 24.3 Å². The van der Waals surface area contributed by atoms with Crippen molar-refractivity contribution in [1.29, 1.82) is 0 Å². The Labute approximate surface area is 76.6 Å². The molecule has 1 aromatic carbocycles. The Balaban J connectivity index is 2.19. The van der Waals surface area contributed by atoms with Crippen LogP contribution in [0.1, 0.15) is 35.2 Å². The lowest BCUT2D eigenvalue weighted by atomic mass is 10.1. The molecule has 0 spiro atoms. The van der Waals surface area contributed by atoms with Crippen LogP contribution in [0.5, 0.6) is 0 Å². The molecule has 0 aliphatic heterocycles. The summed E-state index contributed by atoms with van der Waals surface area (Å²) in [4.78, 5) is 10.9. The van der Waals surface area contributed by atoms with Crippen LogP contribution in [-0.2, 0) is 0 Å². The number of benzene rings is 1. The maximum atomic E-state index is 12.7. The zero-order chi connectivity index (χ0) is 9.42. The van der Waals surface area contributed by atoms with E-state index in [1.54, 1.807) is 12.1 Å². The number of carbonyl (C=O) groups is 1. The van der Waals surface area contributed by atoms with E-state index < -0.39 is 6.17 Å². The van der Waals surface area contributed by atoms with Gasteiger partial charge in [-0.3, -0.25) is 4.79 Å². The van der Waals surface area contributed by atoms with Crippen LogP contribution in [0.4, 0.5) is 4.39 Å². The Morgan fingerprint density at radius 2 is 1.92 bits per heavy atom. The zero-order valence-electron chi connectivity index (χ0n) is 7.46. The average molecular weight is 178 g/mol. The smallest absolute Gasteiger partial charge is 0.159 e. The first-order valence-corrected chi connectivity index (χ1v) is 4.43. The fourth-order valence-electron chi connectivity index (χ4n) is 1.47. The van der Waals surface area contributed by atoms with E-state index in [0.717, 1.165) is 5.56 Å². The van der Waals surface area contributed by atoms with Crippen molar-refractivity contribution in [3.8, 4) is 0 Å². The maximum absolute atomic E-state index is 12.7. The molecule has 1 aliphatic carbocycles. The molecule has 0 aromatic heterocycles. The van der Waals surface area contributed by atoms with Crippen molar-refractivity contribution < 1.29 is 9.18 Å². The summed E-state index contributed by atoms with van der Waals surface area (Å²) in [5, 5.41) is 0. The lowest BCUT2D eigenvalue weighted by molar-refractivity contribution is 0.101. The first-order chi connectivity index (χ1) is 6.18. The van der Waals surface area contributed by atoms with Crippen LogP contribution in [0, 0.1) is 0 Å². The highest BCUT2D eigenvalue weighted by atomic mass is 19.1. The van der Waals surface area contributed by atoms with Crippen LogP contribution in [0.3, 0.4) is 0 Å². The summed E-state index contributed by atoms with van der Waals surface area (Å²) >= 11 is 0. The van der Waals surface area contributed by atoms with Gasteiger partial charge >= 0.3 is 0 Å². The Morgan fingerprint density at radius 1 is 1.38 bits per heavy atom. The molecule has 1 fully saturated rings. The maximum Gasteiger partial charge on any atom is 0.159 e. The molecule has 0 heterocycles. The standard InChI is InChI=1S/C11H11FO/c1-7(13)8-2-4-9(5-3-8)10-6-11(10)12/h2-5,10-11H,6H2,1H3/t10-,11-/m0/s1. The van der Waals surface area contributed by atoms with Gasteiger partial charge < -0.3 is 0 Å². The molecule has 1 aliphatic rings. The molecule has 0 saturated heterocycles. The molecule has 0 amide bonds. The molecule has 2 heteroatoms. The van der Waals surface area contributed by atoms with E-state index in [-0.39, 0.29) is 11.7 Å². The van der Waals surface area contributed by atoms with Crippen LogP contribution >= 0.6 is 0 Å². The fourth-order valence-corrected chi connectivity index (χ4v) is 1.47. The van der Waals surface area contributed by atoms with E-state index >= 15 is 0 Å². The molecule has 2 rings (SSSR count). The van der Waals surface area contributed by atoms with Gasteiger partial charge in [0.25, 0.3) is 0 Å². The SMILES string of the molecule is CC(=O)c1ccc([C@@H]2C[C@@H]2F)cc1. The van der Waals surface area contributed by atoms with Gasteiger partial charge in [0.05, 0.1) is 0 Å². The summed E-state index contributed by atoms with van der Waals surface area (Å²) < 4.78 is 12.7. The Kier molecular flexibility index (Phi) is 1.91. The van der Waals surface area contributed by atoms with E-state index in [9.17, 15) is 9.18 Å². The Morgan fingerprint density at radius 3 is 2.31 bits per heavy atom. The number of carbonyl (C=O) groups excluding carboxylic acids is 1. The van der Waals surface area contributed by atoms with E-state index in [2.05, 4.69) is 0 Å². The monoisotopic (exact) mass is 178 g/mol. The number of alkyl halides is 1. The normalized spacial score (nSPS) is 25.7. The van der Waals surface area contributed by atoms with Crippen LogP contribution in [0.2, 0.25) is 0 Å². The van der Waals surface area contributed by atoms with Crippen LogP contribution < -0.4 is 0 Å². The Hall–Kier alpha value is -1.18. The van der Waals surface area contributed by atoms with Gasteiger partial charge in [0.2, 0.25) is 0 Å². The predicted octanol–water partition coefficient (Wildman–Crippen LogP) is 2.71. The summed E-state index contributed by atoms with van der Waals surface area (Å²) in [7, 11) is 0. The second-order valence-corrected chi connectivity index (χ2v) is 3.54. The number of Topliss-reactive ketones (excluding diaryl/α,β-unsaturated/α-hetero) is 1. The molecule has 0 unspecified atom stereocenters. The predicted molar refractivity (Wildman–Crippen MR) is 48.7 cm³/mol. The van der Waals surface area contributed by atoms with Gasteiger partial charge in [-0.25, -0.2) is 4.39 Å². The molecule has 0 bridgehead atoms. The highest BCUT2D eigenvalue weighted by Gasteiger charge is 2.38. The van der Waals surface area contributed by atoms with Gasteiger partial charge in [0.15, 0.2) is 5.78 Å². The molecular weight excluding hydrogens is 167 g/mol. The summed E-state index contributed by atoms with van der Waals surface area (Å²) in [5.74, 6) is 0.139. The van der Waals surface area contributed by atoms with Crippen molar-refractivity contribution in [2.24, 2.45) is 0 Å². The van der Waals surface area contributed by atoms with Crippen molar-refractivity contribution in [3.05, 3.63) is 35.4 Å². The second kappa shape index (κ2) is 2.95. The van der Waals surface area contributed by atoms with E-state index in [1.165, 1.54) is 6.92 Å². The quantitative estimate of drug-likeness (QED) is 0.636. The van der Waals surface area contributed by atoms with Crippen LogP contribution in [0.25, 0.3) is 0 Å². The summed E-state index contributed by atoms with van der Waals surface area (Å²) in [5.41, 5.74) is 1.71. The third-order valence-corrected chi connectivity index (χ3v) is 2.46. The first-order valence-electron chi connectivity index (χ1n) is 4.43. The minimum atomic E-state index is -0.664. The molecule has 2 atom stereocenters. The van der Waals surface area contributed by atoms with Gasteiger partial charge in [-0.05, 0) is 18.9 Å². The topological polar surface area (TPSA) is 17.1 Å². The molecule has 13 heavy (non-hydrogen) atoms. The summed E-state index contributed by atoms with van der Waals surface area (Å²) in [6.07, 6.45) is -0.0254. The van der Waals surface area contributed by atoms with Crippen molar-refractivity contribution in [2.75, 3.05) is 0 Å². The zero-order valence-corrected chi connectivity index (χ0v) is 7.46. The molecule has 0 radical (unpaired) electrons. The van der Waals surface area contributed by atoms with E-state index in [1.807, 2.05) is 12.1 Å². The van der Waals surface area contributed by atoms with Gasteiger partial charge in [-0.15, -0.1) is 0 Å². The highest BCUT2D eigenvalue weighted by molar-refractivity contribution is 5.94. The van der Waals surface area contributed by atoms with Crippen LogP contribution in [0.15, 0.2) is 24.3 Å². The average Bonchev–Trinajstić information content (AvgIpc) is 2.83. The Bertz CT molecular complexity index is 328. The van der Waals surface area contributed by atoms with Crippen molar-refractivity contribution in [2.45, 2.75) is 25.4 Å². The molecule has 68 valence electrons. The molecule has 1 saturated carbocycles. The largest absolute Gasteiger partial charge is 0.295 e. The minimum Gasteiger partial charge on any atom is -0.295 e. The third-order valence-electron chi connectivity index (χ3n) is 2.46. The van der Waals surface area contributed by atoms with E-state index in [4.69, 9.17) is 0 Å². The lowest BCUT2D eigenvalue weighted by Gasteiger charge is -1.98. The number of ketones is 1. The number of hydrogen-bond acceptors (Lipinski definition) is 1. The second-order valence-electron chi connectivity index (χ2n) is 3.54. The number of halogens is 1. The fraction of sp³-hybridized carbons (Fsp3) is 0.364. The minimum absolute atomic E-state index is 0.0548. The summed E-state index contributed by atoms with van der Waals surface area (Å²) in [6.45, 7) is 1.53. The third kappa shape index (κ3) is 1.62. The van der Waals surface area contributed by atoms with Gasteiger partial charge in [-0.2, -0.15) is 0 Å².